The van der Waals surface area contributed by atoms with E-state index < -0.39 is 28.6 Å². The van der Waals surface area contributed by atoms with Crippen LogP contribution in [0.1, 0.15) is 16.7 Å². The lowest BCUT2D eigenvalue weighted by atomic mass is 10.1. The van der Waals surface area contributed by atoms with Gasteiger partial charge < -0.3 is 10.6 Å². The second kappa shape index (κ2) is 7.57. The number of anilines is 1. The molecular formula is C17H14ClF3N2O2. The third-order valence-corrected chi connectivity index (χ3v) is 3.77. The van der Waals surface area contributed by atoms with Crippen LogP contribution in [0.2, 0.25) is 5.02 Å². The number of benzene rings is 2. The van der Waals surface area contributed by atoms with E-state index in [0.717, 1.165) is 17.2 Å². The van der Waals surface area contributed by atoms with Crippen LogP contribution in [-0.2, 0) is 22.3 Å². The summed E-state index contributed by atoms with van der Waals surface area (Å²) in [5.74, 6) is -2.02. The average molecular weight is 371 g/mol. The van der Waals surface area contributed by atoms with Crippen molar-refractivity contribution >= 4 is 29.1 Å². The minimum Gasteiger partial charge on any atom is -0.344 e. The molecule has 0 heterocycles. The Morgan fingerprint density at radius 1 is 1.08 bits per heavy atom. The first-order valence-corrected chi connectivity index (χ1v) is 7.56. The number of hydrogen-bond acceptors (Lipinski definition) is 2. The number of rotatable bonds is 3. The summed E-state index contributed by atoms with van der Waals surface area (Å²) < 4.78 is 38.4. The molecule has 0 saturated heterocycles. The molecule has 0 radical (unpaired) electrons. The van der Waals surface area contributed by atoms with Crippen LogP contribution >= 0.6 is 11.6 Å². The summed E-state index contributed by atoms with van der Waals surface area (Å²) in [7, 11) is 0. The van der Waals surface area contributed by atoms with E-state index in [0.29, 0.717) is 6.07 Å². The van der Waals surface area contributed by atoms with Crippen molar-refractivity contribution in [2.24, 2.45) is 0 Å². The van der Waals surface area contributed by atoms with Gasteiger partial charge in [-0.25, -0.2) is 0 Å². The second-order valence-corrected chi connectivity index (χ2v) is 5.66. The maximum absolute atomic E-state index is 12.8. The van der Waals surface area contributed by atoms with Gasteiger partial charge in [-0.3, -0.25) is 9.59 Å². The molecule has 4 nitrogen and oxygen atoms in total. The van der Waals surface area contributed by atoms with E-state index in [1.807, 2.05) is 19.1 Å². The Morgan fingerprint density at radius 3 is 2.40 bits per heavy atom. The molecule has 0 aliphatic rings. The number of aryl methyl sites for hydroxylation is 1. The Morgan fingerprint density at radius 2 is 1.76 bits per heavy atom. The Balaban J connectivity index is 2.02. The van der Waals surface area contributed by atoms with Crippen LogP contribution in [0.4, 0.5) is 18.9 Å². The molecule has 2 amide bonds. The normalized spacial score (nSPS) is 11.1. The summed E-state index contributed by atoms with van der Waals surface area (Å²) in [6.45, 7) is 1.99. The Labute approximate surface area is 147 Å². The fourth-order valence-electron chi connectivity index (χ4n) is 2.07. The molecule has 2 aromatic rings. The lowest BCUT2D eigenvalue weighted by Crippen LogP contribution is -2.35. The lowest BCUT2D eigenvalue weighted by molar-refractivity contribution is -0.137. The molecule has 132 valence electrons. The van der Waals surface area contributed by atoms with Gasteiger partial charge in [-0.15, -0.1) is 0 Å². The molecule has 0 atom stereocenters. The molecule has 0 bridgehead atoms. The summed E-state index contributed by atoms with van der Waals surface area (Å²) in [5.41, 5.74) is 0.505. The van der Waals surface area contributed by atoms with Crippen molar-refractivity contribution in [2.75, 3.05) is 5.32 Å². The van der Waals surface area contributed by atoms with E-state index in [2.05, 4.69) is 10.6 Å². The number of alkyl halides is 3. The maximum atomic E-state index is 12.8. The van der Waals surface area contributed by atoms with Crippen LogP contribution in [0.15, 0.2) is 42.5 Å². The monoisotopic (exact) mass is 370 g/mol. The number of halogens is 4. The van der Waals surface area contributed by atoms with Gasteiger partial charge in [-0.2, -0.15) is 13.2 Å². The quantitative estimate of drug-likeness (QED) is 0.804. The molecule has 0 aliphatic heterocycles. The van der Waals surface area contributed by atoms with Crippen molar-refractivity contribution in [1.82, 2.24) is 5.32 Å². The fourth-order valence-corrected chi connectivity index (χ4v) is 2.30. The first-order valence-electron chi connectivity index (χ1n) is 7.19. The van der Waals surface area contributed by atoms with Gasteiger partial charge in [0.1, 0.15) is 0 Å². The van der Waals surface area contributed by atoms with Crippen molar-refractivity contribution < 1.29 is 22.8 Å². The zero-order valence-corrected chi connectivity index (χ0v) is 13.8. The summed E-state index contributed by atoms with van der Waals surface area (Å²) in [5, 5.41) is 4.05. The predicted molar refractivity (Wildman–Crippen MR) is 88.1 cm³/mol. The highest BCUT2D eigenvalue weighted by Gasteiger charge is 2.33. The van der Waals surface area contributed by atoms with Crippen molar-refractivity contribution in [3.63, 3.8) is 0 Å². The van der Waals surface area contributed by atoms with Crippen LogP contribution in [0.25, 0.3) is 0 Å². The fraction of sp³-hybridized carbons (Fsp3) is 0.176. The zero-order chi connectivity index (χ0) is 18.6. The average Bonchev–Trinajstić information content (AvgIpc) is 2.54. The molecule has 25 heavy (non-hydrogen) atoms. The molecule has 0 aromatic heterocycles. The van der Waals surface area contributed by atoms with Gasteiger partial charge in [0.15, 0.2) is 0 Å². The minimum atomic E-state index is -4.66. The third kappa shape index (κ3) is 4.96. The third-order valence-electron chi connectivity index (χ3n) is 3.44. The Kier molecular flexibility index (Phi) is 5.69. The number of carbonyl (C=O) groups excluding carboxylic acids is 2. The molecule has 0 aliphatic carbocycles. The molecule has 8 heteroatoms. The van der Waals surface area contributed by atoms with E-state index in [1.165, 1.54) is 6.07 Å². The topological polar surface area (TPSA) is 58.2 Å². The first kappa shape index (κ1) is 18.8. The van der Waals surface area contributed by atoms with E-state index in [1.54, 1.807) is 12.1 Å². The SMILES string of the molecule is Cc1ccccc1CNC(=O)C(=O)Nc1ccc(Cl)c(C(F)(F)F)c1. The van der Waals surface area contributed by atoms with Gasteiger partial charge in [-0.05, 0) is 36.2 Å². The van der Waals surface area contributed by atoms with Crippen LogP contribution in [-0.4, -0.2) is 11.8 Å². The van der Waals surface area contributed by atoms with E-state index in [-0.39, 0.29) is 12.2 Å². The van der Waals surface area contributed by atoms with Crippen molar-refractivity contribution in [2.45, 2.75) is 19.6 Å². The number of carbonyl (C=O) groups is 2. The van der Waals surface area contributed by atoms with Gasteiger partial charge in [0.2, 0.25) is 0 Å². The minimum absolute atomic E-state index is 0.132. The highest BCUT2D eigenvalue weighted by molar-refractivity contribution is 6.39. The van der Waals surface area contributed by atoms with Gasteiger partial charge in [0.25, 0.3) is 0 Å². The summed E-state index contributed by atoms with van der Waals surface area (Å²) >= 11 is 5.50. The number of nitrogens with one attached hydrogen (secondary N) is 2. The van der Waals surface area contributed by atoms with Crippen molar-refractivity contribution in [3.8, 4) is 0 Å². The smallest absolute Gasteiger partial charge is 0.344 e. The molecule has 2 rings (SSSR count). The van der Waals surface area contributed by atoms with Crippen LogP contribution in [0.5, 0.6) is 0 Å². The van der Waals surface area contributed by atoms with E-state index in [9.17, 15) is 22.8 Å². The van der Waals surface area contributed by atoms with Crippen LogP contribution < -0.4 is 10.6 Å². The lowest BCUT2D eigenvalue weighted by Gasteiger charge is -2.12. The summed E-state index contributed by atoms with van der Waals surface area (Å²) in [6, 6.07) is 10.1. The molecule has 2 N–H and O–H groups in total. The van der Waals surface area contributed by atoms with E-state index >= 15 is 0 Å². The summed E-state index contributed by atoms with van der Waals surface area (Å²) in [4.78, 5) is 23.6. The number of hydrogen-bond donors (Lipinski definition) is 2. The first-order chi connectivity index (χ1) is 11.7. The van der Waals surface area contributed by atoms with Gasteiger partial charge in [0, 0.05) is 12.2 Å². The highest BCUT2D eigenvalue weighted by atomic mass is 35.5. The Bertz CT molecular complexity index is 807. The predicted octanol–water partition coefficient (Wildman–Crippen LogP) is 3.92. The van der Waals surface area contributed by atoms with Gasteiger partial charge >= 0.3 is 18.0 Å². The molecule has 0 spiro atoms. The maximum Gasteiger partial charge on any atom is 0.417 e. The summed E-state index contributed by atoms with van der Waals surface area (Å²) in [6.07, 6.45) is -4.66. The largest absolute Gasteiger partial charge is 0.417 e. The molecule has 2 aromatic carbocycles. The highest BCUT2D eigenvalue weighted by Crippen LogP contribution is 2.36. The number of amides is 2. The molecular weight excluding hydrogens is 357 g/mol. The molecule has 0 unspecified atom stereocenters. The van der Waals surface area contributed by atoms with Crippen molar-refractivity contribution in [3.05, 3.63) is 64.2 Å². The Hall–Kier alpha value is -2.54. The van der Waals surface area contributed by atoms with Crippen LogP contribution in [0, 0.1) is 6.92 Å². The molecule has 0 fully saturated rings. The second-order valence-electron chi connectivity index (χ2n) is 5.26. The molecule has 0 saturated carbocycles. The van der Waals surface area contributed by atoms with E-state index in [4.69, 9.17) is 11.6 Å². The van der Waals surface area contributed by atoms with Crippen molar-refractivity contribution in [1.29, 1.82) is 0 Å². The van der Waals surface area contributed by atoms with Gasteiger partial charge in [0.05, 0.1) is 10.6 Å². The van der Waals surface area contributed by atoms with Gasteiger partial charge in [-0.1, -0.05) is 35.9 Å². The van der Waals surface area contributed by atoms with Crippen LogP contribution in [0.3, 0.4) is 0 Å². The zero-order valence-electron chi connectivity index (χ0n) is 13.1. The standard InChI is InChI=1S/C17H14ClF3N2O2/c1-10-4-2-3-5-11(10)9-22-15(24)16(25)23-12-6-7-14(18)13(8-12)17(19,20)21/h2-8H,9H2,1H3,(H,22,24)(H,23,25).